The molecule has 1 unspecified atom stereocenters. The summed E-state index contributed by atoms with van der Waals surface area (Å²) in [5.74, 6) is -0.261. The van der Waals surface area contributed by atoms with E-state index >= 15 is 0 Å². The minimum atomic E-state index is -0.217. The third-order valence-electron chi connectivity index (χ3n) is 4.29. The molecular weight excluding hydrogens is 291 g/mol. The number of nitrogens with one attached hydrogen (secondary N) is 2. The van der Waals surface area contributed by atoms with Crippen molar-refractivity contribution in [2.45, 2.75) is 25.8 Å². The number of hydrogen-bond acceptors (Lipinski definition) is 1. The van der Waals surface area contributed by atoms with Crippen molar-refractivity contribution in [3.05, 3.63) is 65.0 Å². The second kappa shape index (κ2) is 6.92. The molecule has 0 bridgehead atoms. The summed E-state index contributed by atoms with van der Waals surface area (Å²) < 4.78 is 13.6. The van der Waals surface area contributed by atoms with Crippen LogP contribution in [0.2, 0.25) is 0 Å². The lowest BCUT2D eigenvalue weighted by Crippen LogP contribution is -3.08. The summed E-state index contributed by atoms with van der Waals surface area (Å²) in [6.07, 6.45) is 3.43. The van der Waals surface area contributed by atoms with Crippen LogP contribution in [0.3, 0.4) is 0 Å². The number of aryl methyl sites for hydroxylation is 2. The van der Waals surface area contributed by atoms with Gasteiger partial charge in [0, 0.05) is 11.3 Å². The Labute approximate surface area is 136 Å². The number of amides is 1. The van der Waals surface area contributed by atoms with Gasteiger partial charge in [0.25, 0.3) is 5.91 Å². The Kier molecular flexibility index (Phi) is 4.72. The first-order chi connectivity index (χ1) is 11.1. The maximum atomic E-state index is 13.6. The van der Waals surface area contributed by atoms with Gasteiger partial charge in [0.15, 0.2) is 6.54 Å². The van der Waals surface area contributed by atoms with Gasteiger partial charge in [-0.3, -0.25) is 4.79 Å². The van der Waals surface area contributed by atoms with E-state index in [9.17, 15) is 9.18 Å². The molecule has 1 aliphatic carbocycles. The van der Waals surface area contributed by atoms with E-state index in [4.69, 9.17) is 0 Å². The van der Waals surface area contributed by atoms with Gasteiger partial charge < -0.3 is 10.2 Å². The van der Waals surface area contributed by atoms with Crippen LogP contribution in [0.15, 0.2) is 42.5 Å². The third-order valence-corrected chi connectivity index (χ3v) is 4.29. The predicted molar refractivity (Wildman–Crippen MR) is 89.0 cm³/mol. The molecule has 0 saturated carbocycles. The zero-order valence-corrected chi connectivity index (χ0v) is 13.4. The molecule has 0 spiro atoms. The van der Waals surface area contributed by atoms with Crippen molar-refractivity contribution in [3.63, 3.8) is 0 Å². The smallest absolute Gasteiger partial charge is 0.279 e. The first kappa shape index (κ1) is 15.7. The standard InChI is InChI=1S/C19H21FN2O/c1-22(12-16-5-2-3-8-18(16)20)13-19(23)21-17-10-9-14-6-4-7-15(14)11-17/h2-3,5,8-11H,4,6-7,12-13H2,1H3,(H,21,23)/p+1. The van der Waals surface area contributed by atoms with Gasteiger partial charge in [0.2, 0.25) is 0 Å². The second-order valence-electron chi connectivity index (χ2n) is 6.29. The summed E-state index contributed by atoms with van der Waals surface area (Å²) in [7, 11) is 1.90. The highest BCUT2D eigenvalue weighted by Gasteiger charge is 2.15. The molecule has 120 valence electrons. The molecule has 0 aliphatic heterocycles. The Morgan fingerprint density at radius 3 is 2.78 bits per heavy atom. The fourth-order valence-corrected chi connectivity index (χ4v) is 3.16. The highest BCUT2D eigenvalue weighted by Crippen LogP contribution is 2.24. The topological polar surface area (TPSA) is 33.5 Å². The average Bonchev–Trinajstić information content (AvgIpc) is 2.97. The van der Waals surface area contributed by atoms with Crippen LogP contribution < -0.4 is 10.2 Å². The number of carbonyl (C=O) groups is 1. The van der Waals surface area contributed by atoms with Crippen LogP contribution >= 0.6 is 0 Å². The van der Waals surface area contributed by atoms with Gasteiger partial charge >= 0.3 is 0 Å². The van der Waals surface area contributed by atoms with E-state index in [1.54, 1.807) is 12.1 Å². The minimum absolute atomic E-state index is 0.0446. The van der Waals surface area contributed by atoms with Gasteiger partial charge in [-0.1, -0.05) is 24.3 Å². The van der Waals surface area contributed by atoms with Crippen LogP contribution in [0.5, 0.6) is 0 Å². The molecule has 3 nitrogen and oxygen atoms in total. The fraction of sp³-hybridized carbons (Fsp3) is 0.316. The van der Waals surface area contributed by atoms with Gasteiger partial charge in [-0.15, -0.1) is 0 Å². The van der Waals surface area contributed by atoms with E-state index in [0.717, 1.165) is 23.4 Å². The number of anilines is 1. The number of likely N-dealkylation sites (N-methyl/N-ethyl adjacent to an activating group) is 1. The Morgan fingerprint density at radius 2 is 1.96 bits per heavy atom. The molecule has 2 N–H and O–H groups in total. The summed E-state index contributed by atoms with van der Waals surface area (Å²) in [6.45, 7) is 0.801. The average molecular weight is 313 g/mol. The van der Waals surface area contributed by atoms with Crippen molar-refractivity contribution in [2.24, 2.45) is 0 Å². The highest BCUT2D eigenvalue weighted by atomic mass is 19.1. The summed E-state index contributed by atoms with van der Waals surface area (Å²) in [4.78, 5) is 13.1. The molecule has 2 aromatic rings. The minimum Gasteiger partial charge on any atom is -0.326 e. The second-order valence-corrected chi connectivity index (χ2v) is 6.29. The van der Waals surface area contributed by atoms with Crippen molar-refractivity contribution in [1.29, 1.82) is 0 Å². The molecule has 0 radical (unpaired) electrons. The van der Waals surface area contributed by atoms with Gasteiger partial charge in [0.1, 0.15) is 12.4 Å². The lowest BCUT2D eigenvalue weighted by molar-refractivity contribution is -0.885. The zero-order valence-electron chi connectivity index (χ0n) is 13.4. The Bertz CT molecular complexity index is 714. The van der Waals surface area contributed by atoms with Gasteiger partial charge in [-0.05, 0) is 48.6 Å². The van der Waals surface area contributed by atoms with E-state index in [1.165, 1.54) is 23.6 Å². The van der Waals surface area contributed by atoms with Crippen LogP contribution in [0, 0.1) is 5.82 Å². The first-order valence-corrected chi connectivity index (χ1v) is 8.08. The van der Waals surface area contributed by atoms with Gasteiger partial charge in [0.05, 0.1) is 7.05 Å². The number of halogens is 1. The van der Waals surface area contributed by atoms with Crippen LogP contribution in [-0.2, 0) is 24.2 Å². The maximum absolute atomic E-state index is 13.6. The Hall–Kier alpha value is -2.20. The van der Waals surface area contributed by atoms with Crippen molar-refractivity contribution in [1.82, 2.24) is 0 Å². The van der Waals surface area contributed by atoms with Gasteiger partial charge in [-0.25, -0.2) is 4.39 Å². The van der Waals surface area contributed by atoms with E-state index in [1.807, 2.05) is 19.2 Å². The number of benzene rings is 2. The molecule has 1 amide bonds. The van der Waals surface area contributed by atoms with E-state index in [-0.39, 0.29) is 11.7 Å². The van der Waals surface area contributed by atoms with Crippen LogP contribution in [0.1, 0.15) is 23.1 Å². The summed E-state index contributed by atoms with van der Waals surface area (Å²) in [6, 6.07) is 12.9. The number of quaternary nitrogens is 1. The number of rotatable bonds is 5. The molecule has 1 aliphatic rings. The van der Waals surface area contributed by atoms with E-state index in [0.29, 0.717) is 18.7 Å². The Morgan fingerprint density at radius 1 is 1.17 bits per heavy atom. The van der Waals surface area contributed by atoms with Crippen molar-refractivity contribution in [3.8, 4) is 0 Å². The van der Waals surface area contributed by atoms with Crippen LogP contribution in [0.25, 0.3) is 0 Å². The molecule has 23 heavy (non-hydrogen) atoms. The molecule has 2 aromatic carbocycles. The monoisotopic (exact) mass is 313 g/mol. The van der Waals surface area contributed by atoms with Crippen molar-refractivity contribution >= 4 is 11.6 Å². The highest BCUT2D eigenvalue weighted by molar-refractivity contribution is 5.91. The quantitative estimate of drug-likeness (QED) is 0.869. The zero-order chi connectivity index (χ0) is 16.2. The number of fused-ring (bicyclic) bond motifs is 1. The first-order valence-electron chi connectivity index (χ1n) is 8.08. The van der Waals surface area contributed by atoms with E-state index < -0.39 is 0 Å². The normalized spacial score (nSPS) is 14.3. The SMILES string of the molecule is C[NH+](CC(=O)Nc1ccc2c(c1)CCC2)Cc1ccccc1F. The summed E-state index contributed by atoms with van der Waals surface area (Å²) >= 11 is 0. The van der Waals surface area contributed by atoms with Crippen LogP contribution in [-0.4, -0.2) is 19.5 Å². The van der Waals surface area contributed by atoms with E-state index in [2.05, 4.69) is 17.4 Å². The molecule has 3 rings (SSSR count). The lowest BCUT2D eigenvalue weighted by Gasteiger charge is -2.14. The molecule has 4 heteroatoms. The number of hydrogen-bond donors (Lipinski definition) is 2. The van der Waals surface area contributed by atoms with Crippen LogP contribution in [0.4, 0.5) is 10.1 Å². The Balaban J connectivity index is 1.55. The summed E-state index contributed by atoms with van der Waals surface area (Å²) in [5.41, 5.74) is 4.23. The molecule has 0 heterocycles. The molecule has 1 atom stereocenters. The predicted octanol–water partition coefficient (Wildman–Crippen LogP) is 1.97. The largest absolute Gasteiger partial charge is 0.326 e. The molecule has 0 saturated heterocycles. The fourth-order valence-electron chi connectivity index (χ4n) is 3.16. The molecule has 0 aromatic heterocycles. The molecular formula is C19H22FN2O+. The van der Waals surface area contributed by atoms with Crippen molar-refractivity contribution in [2.75, 3.05) is 18.9 Å². The number of carbonyl (C=O) groups excluding carboxylic acids is 1. The lowest BCUT2D eigenvalue weighted by atomic mass is 10.1. The van der Waals surface area contributed by atoms with Crippen molar-refractivity contribution < 1.29 is 14.1 Å². The maximum Gasteiger partial charge on any atom is 0.279 e. The molecule has 0 fully saturated rings. The van der Waals surface area contributed by atoms with Gasteiger partial charge in [-0.2, -0.15) is 0 Å². The third kappa shape index (κ3) is 3.96. The summed E-state index contributed by atoms with van der Waals surface area (Å²) in [5, 5.41) is 2.95.